The van der Waals surface area contributed by atoms with Crippen LogP contribution in [0.2, 0.25) is 5.02 Å². The zero-order valence-electron chi connectivity index (χ0n) is 18.2. The van der Waals surface area contributed by atoms with E-state index in [1.807, 2.05) is 0 Å². The molecule has 6 nitrogen and oxygen atoms in total. The van der Waals surface area contributed by atoms with E-state index in [4.69, 9.17) is 16.3 Å². The minimum Gasteiger partial charge on any atom is -0.457 e. The van der Waals surface area contributed by atoms with Crippen molar-refractivity contribution < 1.29 is 23.9 Å². The molecule has 7 rings (SSSR count). The summed E-state index contributed by atoms with van der Waals surface area (Å²) in [6, 6.07) is 6.33. The maximum Gasteiger partial charge on any atom is 0.309 e. The third-order valence-corrected chi connectivity index (χ3v) is 8.86. The Hall–Kier alpha value is -2.47. The molecule has 5 aliphatic carbocycles. The topological polar surface area (TPSA) is 80.8 Å². The lowest BCUT2D eigenvalue weighted by molar-refractivity contribution is -0.149. The molecule has 33 heavy (non-hydrogen) atoms. The van der Waals surface area contributed by atoms with Crippen LogP contribution in [0.15, 0.2) is 36.4 Å². The number of hydrogen-bond acceptors (Lipinski definition) is 5. The van der Waals surface area contributed by atoms with Crippen molar-refractivity contribution in [3.05, 3.63) is 47.0 Å². The van der Waals surface area contributed by atoms with Crippen molar-refractivity contribution in [1.29, 1.82) is 0 Å². The molecule has 0 aromatic heterocycles. The molecular formula is C26H26ClNO5. The number of ketones is 1. The molecule has 1 aromatic rings. The number of likely N-dealkylation sites (tertiary alicyclic amines) is 1. The summed E-state index contributed by atoms with van der Waals surface area (Å²) in [6.07, 6.45) is 7.86. The van der Waals surface area contributed by atoms with Crippen LogP contribution < -0.4 is 0 Å². The average Bonchev–Trinajstić information content (AvgIpc) is 3.61. The van der Waals surface area contributed by atoms with Gasteiger partial charge < -0.3 is 4.74 Å². The standard InChI is InChI=1S/C26H26ClNO5/c27-15-5-1-13(2-6-15)21(29)12-33-26(32)14-3-7-16(8-4-14)28-24(30)22-17-9-10-18(20-11-19(17)20)23(22)25(28)31/h1-2,5-6,9-10,14,16-20,22-23H,3-4,7-8,11-12H2/t14?,16?,17-,18-,19-,20-,22-,23+/m0/s1. The fourth-order valence-corrected chi connectivity index (χ4v) is 7.01. The number of hydrogen-bond donors (Lipinski definition) is 0. The third-order valence-electron chi connectivity index (χ3n) is 8.60. The molecule has 2 bridgehead atoms. The summed E-state index contributed by atoms with van der Waals surface area (Å²) in [6.45, 7) is -0.301. The first-order valence-corrected chi connectivity index (χ1v) is 12.3. The number of imide groups is 1. The van der Waals surface area contributed by atoms with Crippen LogP contribution in [0.3, 0.4) is 0 Å². The highest BCUT2D eigenvalue weighted by Gasteiger charge is 2.67. The molecule has 172 valence electrons. The quantitative estimate of drug-likeness (QED) is 0.285. The molecule has 1 aromatic carbocycles. The number of amides is 2. The number of halogens is 1. The van der Waals surface area contributed by atoms with Gasteiger partial charge in [-0.05, 0) is 80.0 Å². The number of benzene rings is 1. The van der Waals surface area contributed by atoms with E-state index >= 15 is 0 Å². The van der Waals surface area contributed by atoms with Gasteiger partial charge in [-0.15, -0.1) is 0 Å². The highest BCUT2D eigenvalue weighted by Crippen LogP contribution is 2.65. The lowest BCUT2D eigenvalue weighted by atomic mass is 9.63. The van der Waals surface area contributed by atoms with Crippen molar-refractivity contribution in [2.45, 2.75) is 38.1 Å². The Kier molecular flexibility index (Phi) is 4.98. The van der Waals surface area contributed by atoms with Gasteiger partial charge in [-0.2, -0.15) is 0 Å². The van der Waals surface area contributed by atoms with Crippen LogP contribution in [0.1, 0.15) is 42.5 Å². The molecule has 1 saturated heterocycles. The summed E-state index contributed by atoms with van der Waals surface area (Å²) in [5.74, 6) is 0.376. The smallest absolute Gasteiger partial charge is 0.309 e. The number of carbonyl (C=O) groups is 4. The summed E-state index contributed by atoms with van der Waals surface area (Å²) >= 11 is 5.84. The Labute approximate surface area is 197 Å². The van der Waals surface area contributed by atoms with Gasteiger partial charge in [0.1, 0.15) is 0 Å². The minimum atomic E-state index is -0.383. The summed E-state index contributed by atoms with van der Waals surface area (Å²) in [5, 5.41) is 0.537. The zero-order valence-corrected chi connectivity index (χ0v) is 18.9. The van der Waals surface area contributed by atoms with Gasteiger partial charge in [-0.3, -0.25) is 24.1 Å². The number of Topliss-reactive ketones (excluding diaryl/α,β-unsaturated/α-hetero) is 1. The van der Waals surface area contributed by atoms with Crippen molar-refractivity contribution in [1.82, 2.24) is 4.90 Å². The van der Waals surface area contributed by atoms with Crippen LogP contribution in [-0.4, -0.2) is 41.1 Å². The minimum absolute atomic E-state index is 0.00860. The van der Waals surface area contributed by atoms with Gasteiger partial charge in [0.05, 0.1) is 17.8 Å². The van der Waals surface area contributed by atoms with Gasteiger partial charge in [0.25, 0.3) is 0 Å². The fourth-order valence-electron chi connectivity index (χ4n) is 6.88. The normalized spacial score (nSPS) is 38.2. The van der Waals surface area contributed by atoms with E-state index in [-0.39, 0.29) is 65.8 Å². The summed E-state index contributed by atoms with van der Waals surface area (Å²) in [5.41, 5.74) is 0.449. The molecule has 6 aliphatic rings. The first-order chi connectivity index (χ1) is 15.9. The van der Waals surface area contributed by atoms with Crippen LogP contribution in [0, 0.1) is 41.4 Å². The van der Waals surface area contributed by atoms with Crippen molar-refractivity contribution in [2.75, 3.05) is 6.61 Å². The van der Waals surface area contributed by atoms with Gasteiger partial charge in [0.2, 0.25) is 11.8 Å². The highest BCUT2D eigenvalue weighted by molar-refractivity contribution is 6.30. The van der Waals surface area contributed by atoms with Gasteiger partial charge in [-0.1, -0.05) is 23.8 Å². The predicted octanol–water partition coefficient (Wildman–Crippen LogP) is 3.68. The van der Waals surface area contributed by atoms with Crippen molar-refractivity contribution >= 4 is 35.2 Å². The molecule has 7 heteroatoms. The first kappa shape index (κ1) is 21.1. The van der Waals surface area contributed by atoms with Crippen LogP contribution in [-0.2, 0) is 19.1 Å². The van der Waals surface area contributed by atoms with E-state index in [1.165, 1.54) is 0 Å². The molecule has 0 unspecified atom stereocenters. The second-order valence-electron chi connectivity index (χ2n) is 10.2. The Morgan fingerprint density at radius 2 is 1.48 bits per heavy atom. The van der Waals surface area contributed by atoms with Gasteiger partial charge in [-0.25, -0.2) is 0 Å². The molecule has 4 fully saturated rings. The van der Waals surface area contributed by atoms with E-state index in [0.29, 0.717) is 48.1 Å². The molecule has 3 saturated carbocycles. The maximum atomic E-state index is 13.3. The largest absolute Gasteiger partial charge is 0.457 e. The van der Waals surface area contributed by atoms with Gasteiger partial charge >= 0.3 is 5.97 Å². The first-order valence-electron chi connectivity index (χ1n) is 11.9. The van der Waals surface area contributed by atoms with Gasteiger partial charge in [0, 0.05) is 16.6 Å². The van der Waals surface area contributed by atoms with Crippen molar-refractivity contribution in [3.63, 3.8) is 0 Å². The van der Waals surface area contributed by atoms with Crippen LogP contribution >= 0.6 is 11.6 Å². The van der Waals surface area contributed by atoms with E-state index < -0.39 is 0 Å². The number of allylic oxidation sites excluding steroid dienone is 2. The molecule has 0 radical (unpaired) electrons. The van der Waals surface area contributed by atoms with E-state index in [9.17, 15) is 19.2 Å². The number of nitrogens with zero attached hydrogens (tertiary/aromatic N) is 1. The lowest BCUT2D eigenvalue weighted by Gasteiger charge is -2.37. The Morgan fingerprint density at radius 3 is 2.06 bits per heavy atom. The monoisotopic (exact) mass is 467 g/mol. The molecule has 1 heterocycles. The van der Waals surface area contributed by atoms with Crippen LogP contribution in [0.4, 0.5) is 0 Å². The number of esters is 1. The van der Waals surface area contributed by atoms with E-state index in [0.717, 1.165) is 6.42 Å². The summed E-state index contributed by atoms with van der Waals surface area (Å²) in [4.78, 5) is 52.9. The number of rotatable bonds is 5. The van der Waals surface area contributed by atoms with Crippen LogP contribution in [0.5, 0.6) is 0 Å². The van der Waals surface area contributed by atoms with E-state index in [1.54, 1.807) is 29.2 Å². The van der Waals surface area contributed by atoms with E-state index in [2.05, 4.69) is 12.2 Å². The predicted molar refractivity (Wildman–Crippen MR) is 119 cm³/mol. The Morgan fingerprint density at radius 1 is 0.909 bits per heavy atom. The number of ether oxygens (including phenoxy) is 1. The Balaban J connectivity index is 1.04. The maximum absolute atomic E-state index is 13.3. The second-order valence-corrected chi connectivity index (χ2v) is 10.7. The fraction of sp³-hybridized carbons (Fsp3) is 0.538. The molecule has 0 spiro atoms. The summed E-state index contributed by atoms with van der Waals surface area (Å²) < 4.78 is 5.28. The SMILES string of the molecule is O=C(COC(=O)C1CCC(N2C(=O)[C@@H]3[C@H]4C=C[C@@H]([C@@H]5C[C@@H]45)[C@@H]3C2=O)CC1)c1ccc(Cl)cc1. The van der Waals surface area contributed by atoms with Gasteiger partial charge in [0.15, 0.2) is 12.4 Å². The lowest BCUT2D eigenvalue weighted by Crippen LogP contribution is -2.44. The van der Waals surface area contributed by atoms with Crippen molar-refractivity contribution in [2.24, 2.45) is 41.4 Å². The van der Waals surface area contributed by atoms with Crippen LogP contribution in [0.25, 0.3) is 0 Å². The molecule has 6 atom stereocenters. The van der Waals surface area contributed by atoms with Crippen molar-refractivity contribution in [3.8, 4) is 0 Å². The molecule has 1 aliphatic heterocycles. The third kappa shape index (κ3) is 3.37. The Bertz CT molecular complexity index is 1020. The summed E-state index contributed by atoms with van der Waals surface area (Å²) in [7, 11) is 0. The highest BCUT2D eigenvalue weighted by atomic mass is 35.5. The average molecular weight is 468 g/mol. The zero-order chi connectivity index (χ0) is 22.9. The molecular weight excluding hydrogens is 442 g/mol. The molecule has 0 N–H and O–H groups in total. The number of carbonyl (C=O) groups excluding carboxylic acids is 4. The second kappa shape index (κ2) is 7.79. The molecule has 2 amide bonds.